The van der Waals surface area contributed by atoms with Crippen molar-refractivity contribution >= 4 is 33.2 Å². The number of hydrogen-bond acceptors (Lipinski definition) is 6. The van der Waals surface area contributed by atoms with E-state index in [-0.39, 0.29) is 0 Å². The molecule has 18 heavy (non-hydrogen) atoms. The van der Waals surface area contributed by atoms with Gasteiger partial charge in [-0.15, -0.1) is 11.3 Å². The number of rotatable bonds is 5. The summed E-state index contributed by atoms with van der Waals surface area (Å²) in [7, 11) is -4.17. The van der Waals surface area contributed by atoms with Crippen LogP contribution in [0.1, 0.15) is 24.3 Å². The van der Waals surface area contributed by atoms with Gasteiger partial charge in [-0.2, -0.15) is 4.72 Å². The van der Waals surface area contributed by atoms with Crippen LogP contribution in [-0.4, -0.2) is 35.9 Å². The Labute approximate surface area is 107 Å². The quantitative estimate of drug-likeness (QED) is 0.661. The van der Waals surface area contributed by atoms with Crippen molar-refractivity contribution in [2.75, 3.05) is 0 Å². The molecule has 0 unspecified atom stereocenters. The molecule has 0 spiro atoms. The number of primary amides is 1. The fourth-order valence-corrected chi connectivity index (χ4v) is 3.53. The van der Waals surface area contributed by atoms with Gasteiger partial charge in [0.1, 0.15) is 5.54 Å². The minimum Gasteiger partial charge on any atom is -0.476 e. The molecule has 4 N–H and O–H groups in total. The van der Waals surface area contributed by atoms with Gasteiger partial charge in [0, 0.05) is 0 Å². The molecule has 0 aromatic carbocycles. The summed E-state index contributed by atoms with van der Waals surface area (Å²) in [6.07, 6.45) is 0. The van der Waals surface area contributed by atoms with Crippen molar-refractivity contribution in [3.05, 3.63) is 11.2 Å². The molecular weight excluding hydrogens is 282 g/mol. The number of amides is 1. The van der Waals surface area contributed by atoms with Gasteiger partial charge >= 0.3 is 5.97 Å². The minimum absolute atomic E-state index is 0.468. The zero-order valence-electron chi connectivity index (χ0n) is 9.50. The number of carboxylic acid groups (broad SMARTS) is 1. The number of sulfonamides is 1. The van der Waals surface area contributed by atoms with Crippen LogP contribution in [0.3, 0.4) is 0 Å². The molecule has 0 saturated carbocycles. The van der Waals surface area contributed by atoms with E-state index < -0.39 is 37.3 Å². The lowest BCUT2D eigenvalue weighted by atomic mass is 10.1. The van der Waals surface area contributed by atoms with Crippen LogP contribution in [0, 0.1) is 0 Å². The van der Waals surface area contributed by atoms with E-state index in [0.29, 0.717) is 11.3 Å². The van der Waals surface area contributed by atoms with E-state index in [0.717, 1.165) is 5.51 Å². The lowest BCUT2D eigenvalue weighted by Gasteiger charge is -2.21. The summed E-state index contributed by atoms with van der Waals surface area (Å²) in [5.74, 6) is -2.35. The van der Waals surface area contributed by atoms with Gasteiger partial charge < -0.3 is 10.8 Å². The second-order valence-corrected chi connectivity index (χ2v) is 6.62. The highest BCUT2D eigenvalue weighted by Gasteiger charge is 2.34. The molecule has 0 bridgehead atoms. The van der Waals surface area contributed by atoms with Crippen LogP contribution in [-0.2, 0) is 14.8 Å². The standard InChI is InChI=1S/C8H11N3O5S2/c1-8(2,7(9)14)11-18(15,16)6-4(5(12)13)10-3-17-6/h3,11H,1-2H3,(H2,9,14)(H,12,13). The Morgan fingerprint density at radius 2 is 2.06 bits per heavy atom. The second kappa shape index (κ2) is 4.63. The van der Waals surface area contributed by atoms with Gasteiger partial charge in [0.2, 0.25) is 5.91 Å². The Bertz CT molecular complexity index is 590. The van der Waals surface area contributed by atoms with Crippen LogP contribution in [0.15, 0.2) is 9.72 Å². The molecular formula is C8H11N3O5S2. The van der Waals surface area contributed by atoms with E-state index in [9.17, 15) is 18.0 Å². The topological polar surface area (TPSA) is 139 Å². The first-order valence-electron chi connectivity index (χ1n) is 4.58. The first-order valence-corrected chi connectivity index (χ1v) is 6.95. The van der Waals surface area contributed by atoms with E-state index in [1.807, 2.05) is 4.72 Å². The zero-order valence-corrected chi connectivity index (χ0v) is 11.1. The molecule has 1 aromatic heterocycles. The maximum Gasteiger partial charge on any atom is 0.356 e. The summed E-state index contributed by atoms with van der Waals surface area (Å²) in [5.41, 5.74) is 4.01. The van der Waals surface area contributed by atoms with Gasteiger partial charge in [0.15, 0.2) is 9.90 Å². The predicted octanol–water partition coefficient (Wildman–Crippen LogP) is -0.616. The normalized spacial score (nSPS) is 12.3. The molecule has 0 atom stereocenters. The Morgan fingerprint density at radius 1 is 1.50 bits per heavy atom. The summed E-state index contributed by atoms with van der Waals surface area (Å²) in [6.45, 7) is 2.54. The Kier molecular flexibility index (Phi) is 3.74. The minimum atomic E-state index is -4.17. The molecule has 1 amide bonds. The van der Waals surface area contributed by atoms with Crippen molar-refractivity contribution in [3.8, 4) is 0 Å². The monoisotopic (exact) mass is 293 g/mol. The maximum atomic E-state index is 11.9. The molecule has 0 aliphatic carbocycles. The molecule has 1 aromatic rings. The van der Waals surface area contributed by atoms with Crippen LogP contribution in [0.4, 0.5) is 0 Å². The van der Waals surface area contributed by atoms with Gasteiger partial charge in [-0.1, -0.05) is 0 Å². The molecule has 0 fully saturated rings. The number of thiazole rings is 1. The maximum absolute atomic E-state index is 11.9. The van der Waals surface area contributed by atoms with Crippen molar-refractivity contribution in [1.29, 1.82) is 0 Å². The number of carbonyl (C=O) groups excluding carboxylic acids is 1. The SMILES string of the molecule is CC(C)(NS(=O)(=O)c1scnc1C(=O)O)C(N)=O. The number of aromatic carboxylic acids is 1. The number of nitrogens with two attached hydrogens (primary N) is 1. The molecule has 1 rings (SSSR count). The molecule has 0 saturated heterocycles. The first-order chi connectivity index (χ1) is 8.08. The van der Waals surface area contributed by atoms with Crippen LogP contribution < -0.4 is 10.5 Å². The van der Waals surface area contributed by atoms with E-state index in [4.69, 9.17) is 10.8 Å². The van der Waals surface area contributed by atoms with Gasteiger partial charge in [0.25, 0.3) is 10.0 Å². The highest BCUT2D eigenvalue weighted by atomic mass is 32.2. The highest BCUT2D eigenvalue weighted by Crippen LogP contribution is 2.21. The molecule has 10 heteroatoms. The number of aromatic nitrogens is 1. The van der Waals surface area contributed by atoms with Crippen molar-refractivity contribution in [2.24, 2.45) is 5.73 Å². The average Bonchev–Trinajstić information content (AvgIpc) is 2.64. The van der Waals surface area contributed by atoms with Gasteiger partial charge in [-0.3, -0.25) is 4.79 Å². The molecule has 1 heterocycles. The third kappa shape index (κ3) is 2.83. The van der Waals surface area contributed by atoms with Crippen LogP contribution in [0.25, 0.3) is 0 Å². The third-order valence-electron chi connectivity index (χ3n) is 1.99. The molecule has 0 radical (unpaired) electrons. The number of nitrogens with zero attached hydrogens (tertiary/aromatic N) is 1. The van der Waals surface area contributed by atoms with Gasteiger partial charge in [-0.25, -0.2) is 18.2 Å². The van der Waals surface area contributed by atoms with E-state index in [1.165, 1.54) is 13.8 Å². The van der Waals surface area contributed by atoms with Gasteiger partial charge in [0.05, 0.1) is 5.51 Å². The summed E-state index contributed by atoms with van der Waals surface area (Å²) in [5, 5.41) is 8.79. The summed E-state index contributed by atoms with van der Waals surface area (Å²) >= 11 is 0.643. The summed E-state index contributed by atoms with van der Waals surface area (Å²) in [4.78, 5) is 25.3. The lowest BCUT2D eigenvalue weighted by molar-refractivity contribution is -0.122. The third-order valence-corrected chi connectivity index (χ3v) is 5.01. The van der Waals surface area contributed by atoms with Crippen LogP contribution in [0.5, 0.6) is 0 Å². The fourth-order valence-electron chi connectivity index (χ4n) is 1.00. The average molecular weight is 293 g/mol. The molecule has 0 aliphatic rings. The predicted molar refractivity (Wildman–Crippen MR) is 62.7 cm³/mol. The fraction of sp³-hybridized carbons (Fsp3) is 0.375. The van der Waals surface area contributed by atoms with E-state index >= 15 is 0 Å². The molecule has 100 valence electrons. The highest BCUT2D eigenvalue weighted by molar-refractivity contribution is 7.91. The smallest absolute Gasteiger partial charge is 0.356 e. The van der Waals surface area contributed by atoms with Crippen molar-refractivity contribution in [1.82, 2.24) is 9.71 Å². The number of hydrogen-bond donors (Lipinski definition) is 3. The van der Waals surface area contributed by atoms with Gasteiger partial charge in [-0.05, 0) is 13.8 Å². The number of nitrogens with one attached hydrogen (secondary N) is 1. The first kappa shape index (κ1) is 14.5. The molecule has 0 aliphatic heterocycles. The van der Waals surface area contributed by atoms with E-state index in [1.54, 1.807) is 0 Å². The van der Waals surface area contributed by atoms with Crippen LogP contribution >= 0.6 is 11.3 Å². The van der Waals surface area contributed by atoms with Crippen molar-refractivity contribution in [3.63, 3.8) is 0 Å². The zero-order chi connectivity index (χ0) is 14.1. The number of carbonyl (C=O) groups is 2. The largest absolute Gasteiger partial charge is 0.476 e. The Morgan fingerprint density at radius 3 is 2.50 bits per heavy atom. The Balaban J connectivity index is 3.20. The van der Waals surface area contributed by atoms with Crippen LogP contribution in [0.2, 0.25) is 0 Å². The van der Waals surface area contributed by atoms with E-state index in [2.05, 4.69) is 4.98 Å². The summed E-state index contributed by atoms with van der Waals surface area (Å²) in [6, 6.07) is 0. The molecule has 8 nitrogen and oxygen atoms in total. The lowest BCUT2D eigenvalue weighted by Crippen LogP contribution is -2.52. The Hall–Kier alpha value is -1.52. The summed E-state index contributed by atoms with van der Waals surface area (Å²) < 4.78 is 25.4. The second-order valence-electron chi connectivity index (χ2n) is 3.89. The van der Waals surface area contributed by atoms with Crippen molar-refractivity contribution < 1.29 is 23.1 Å². The number of carboxylic acids is 1. The van der Waals surface area contributed by atoms with Crippen molar-refractivity contribution in [2.45, 2.75) is 23.6 Å².